The van der Waals surface area contributed by atoms with Crippen molar-refractivity contribution < 1.29 is 12.8 Å². The molecular formula is C11H16ClFN2O2S. The zero-order valence-electron chi connectivity index (χ0n) is 10.0. The summed E-state index contributed by atoms with van der Waals surface area (Å²) in [5.74, 6) is -0.479. The highest BCUT2D eigenvalue weighted by molar-refractivity contribution is 7.89. The van der Waals surface area contributed by atoms with E-state index < -0.39 is 15.8 Å². The van der Waals surface area contributed by atoms with Gasteiger partial charge in [0.25, 0.3) is 0 Å². The Hall–Kier alpha value is -0.690. The average molecular weight is 295 g/mol. The second kappa shape index (κ2) is 7.04. The SMILES string of the molecule is CCNS(=O)(=O)CCNCc1ccc(Cl)c(F)c1. The number of rotatable bonds is 7. The first kappa shape index (κ1) is 15.4. The molecule has 0 aliphatic carbocycles. The van der Waals surface area contributed by atoms with Gasteiger partial charge in [-0.1, -0.05) is 24.6 Å². The maximum Gasteiger partial charge on any atom is 0.212 e. The lowest BCUT2D eigenvalue weighted by molar-refractivity contribution is 0.578. The maximum absolute atomic E-state index is 13.1. The van der Waals surface area contributed by atoms with Crippen molar-refractivity contribution in [2.45, 2.75) is 13.5 Å². The van der Waals surface area contributed by atoms with E-state index in [-0.39, 0.29) is 10.8 Å². The highest BCUT2D eigenvalue weighted by Crippen LogP contribution is 2.15. The van der Waals surface area contributed by atoms with Crippen LogP contribution in [-0.2, 0) is 16.6 Å². The molecule has 0 fully saturated rings. The standard InChI is InChI=1S/C11H16ClFN2O2S/c1-2-15-18(16,17)6-5-14-8-9-3-4-10(12)11(13)7-9/h3-4,7,14-15H,2,5-6,8H2,1H3. The smallest absolute Gasteiger partial charge is 0.212 e. The van der Waals surface area contributed by atoms with Gasteiger partial charge in [-0.05, 0) is 17.7 Å². The van der Waals surface area contributed by atoms with Gasteiger partial charge in [-0.15, -0.1) is 0 Å². The minimum Gasteiger partial charge on any atom is -0.312 e. The summed E-state index contributed by atoms with van der Waals surface area (Å²) in [6.45, 7) is 2.81. The van der Waals surface area contributed by atoms with Crippen LogP contribution in [-0.4, -0.2) is 27.3 Å². The molecule has 0 aromatic heterocycles. The predicted molar refractivity (Wildman–Crippen MR) is 70.6 cm³/mol. The molecule has 0 bridgehead atoms. The summed E-state index contributed by atoms with van der Waals surface area (Å²) in [6, 6.07) is 4.49. The number of halogens is 2. The predicted octanol–water partition coefficient (Wildman–Crippen LogP) is 1.51. The van der Waals surface area contributed by atoms with E-state index in [4.69, 9.17) is 11.6 Å². The number of hydrogen-bond donors (Lipinski definition) is 2. The molecule has 0 amide bonds. The summed E-state index contributed by atoms with van der Waals surface area (Å²) in [4.78, 5) is 0. The Kier molecular flexibility index (Phi) is 6.01. The highest BCUT2D eigenvalue weighted by Gasteiger charge is 2.07. The number of nitrogens with one attached hydrogen (secondary N) is 2. The number of benzene rings is 1. The van der Waals surface area contributed by atoms with Gasteiger partial charge in [0.05, 0.1) is 10.8 Å². The van der Waals surface area contributed by atoms with Crippen molar-refractivity contribution in [3.8, 4) is 0 Å². The van der Waals surface area contributed by atoms with E-state index >= 15 is 0 Å². The Morgan fingerprint density at radius 1 is 1.39 bits per heavy atom. The second-order valence-electron chi connectivity index (χ2n) is 3.74. The van der Waals surface area contributed by atoms with Gasteiger partial charge in [-0.3, -0.25) is 0 Å². The van der Waals surface area contributed by atoms with Crippen LogP contribution in [0.2, 0.25) is 5.02 Å². The van der Waals surface area contributed by atoms with E-state index in [1.165, 1.54) is 12.1 Å². The van der Waals surface area contributed by atoms with Crippen molar-refractivity contribution >= 4 is 21.6 Å². The van der Waals surface area contributed by atoms with Gasteiger partial charge in [-0.2, -0.15) is 0 Å². The molecule has 2 N–H and O–H groups in total. The van der Waals surface area contributed by atoms with Crippen LogP contribution in [0.3, 0.4) is 0 Å². The quantitative estimate of drug-likeness (QED) is 0.750. The molecule has 0 saturated heterocycles. The lowest BCUT2D eigenvalue weighted by Gasteiger charge is -2.07. The zero-order valence-corrected chi connectivity index (χ0v) is 11.6. The topological polar surface area (TPSA) is 58.2 Å². The van der Waals surface area contributed by atoms with Crippen molar-refractivity contribution in [1.29, 1.82) is 0 Å². The van der Waals surface area contributed by atoms with Gasteiger partial charge < -0.3 is 5.32 Å². The van der Waals surface area contributed by atoms with Crippen LogP contribution in [0, 0.1) is 5.82 Å². The number of hydrogen-bond acceptors (Lipinski definition) is 3. The lowest BCUT2D eigenvalue weighted by atomic mass is 10.2. The van der Waals surface area contributed by atoms with Crippen molar-refractivity contribution in [2.75, 3.05) is 18.8 Å². The van der Waals surface area contributed by atoms with E-state index in [2.05, 4.69) is 10.0 Å². The maximum atomic E-state index is 13.1. The van der Waals surface area contributed by atoms with Gasteiger partial charge in [0.15, 0.2) is 0 Å². The first-order chi connectivity index (χ1) is 8.44. The third-order valence-corrected chi connectivity index (χ3v) is 4.00. The third kappa shape index (κ3) is 5.30. The molecule has 102 valence electrons. The minimum absolute atomic E-state index is 0.00306. The van der Waals surface area contributed by atoms with Gasteiger partial charge in [0, 0.05) is 19.6 Å². The van der Waals surface area contributed by atoms with Crippen LogP contribution in [0.1, 0.15) is 12.5 Å². The summed E-state index contributed by atoms with van der Waals surface area (Å²) < 4.78 is 38.1. The average Bonchev–Trinajstić information content (AvgIpc) is 2.29. The molecule has 0 spiro atoms. The van der Waals surface area contributed by atoms with Crippen molar-refractivity contribution in [1.82, 2.24) is 10.0 Å². The highest BCUT2D eigenvalue weighted by atomic mass is 35.5. The molecule has 0 aliphatic rings. The van der Waals surface area contributed by atoms with Crippen LogP contribution in [0.5, 0.6) is 0 Å². The molecule has 0 radical (unpaired) electrons. The van der Waals surface area contributed by atoms with Crippen molar-refractivity contribution in [3.63, 3.8) is 0 Å². The molecule has 7 heteroatoms. The lowest BCUT2D eigenvalue weighted by Crippen LogP contribution is -2.31. The Balaban J connectivity index is 2.36. The fraction of sp³-hybridized carbons (Fsp3) is 0.455. The molecule has 0 aliphatic heterocycles. The monoisotopic (exact) mass is 294 g/mol. The Bertz CT molecular complexity index is 494. The molecule has 1 rings (SSSR count). The number of sulfonamides is 1. The molecule has 18 heavy (non-hydrogen) atoms. The molecule has 0 unspecified atom stereocenters. The van der Waals surface area contributed by atoms with Crippen LogP contribution in [0.25, 0.3) is 0 Å². The van der Waals surface area contributed by atoms with E-state index in [1.54, 1.807) is 13.0 Å². The van der Waals surface area contributed by atoms with Crippen molar-refractivity contribution in [2.24, 2.45) is 0 Å². The summed E-state index contributed by atoms with van der Waals surface area (Å²) >= 11 is 5.55. The largest absolute Gasteiger partial charge is 0.312 e. The molecule has 4 nitrogen and oxygen atoms in total. The van der Waals surface area contributed by atoms with Crippen LogP contribution < -0.4 is 10.0 Å². The normalized spacial score (nSPS) is 11.7. The summed E-state index contributed by atoms with van der Waals surface area (Å²) in [5.41, 5.74) is 0.720. The van der Waals surface area contributed by atoms with Gasteiger partial charge >= 0.3 is 0 Å². The summed E-state index contributed by atoms with van der Waals surface area (Å²) in [6.07, 6.45) is 0. The second-order valence-corrected chi connectivity index (χ2v) is 6.08. The molecule has 0 saturated carbocycles. The fourth-order valence-electron chi connectivity index (χ4n) is 1.38. The van der Waals surface area contributed by atoms with Crippen molar-refractivity contribution in [3.05, 3.63) is 34.6 Å². The molecule has 0 heterocycles. The molecule has 1 aromatic rings. The van der Waals surface area contributed by atoms with E-state index in [9.17, 15) is 12.8 Å². The Labute approximate surface area is 112 Å². The fourth-order valence-corrected chi connectivity index (χ4v) is 2.50. The summed E-state index contributed by atoms with van der Waals surface area (Å²) in [7, 11) is -3.21. The van der Waals surface area contributed by atoms with Gasteiger partial charge in [-0.25, -0.2) is 17.5 Å². The first-order valence-electron chi connectivity index (χ1n) is 5.56. The Morgan fingerprint density at radius 3 is 2.72 bits per heavy atom. The first-order valence-corrected chi connectivity index (χ1v) is 7.59. The van der Waals surface area contributed by atoms with Crippen LogP contribution in [0.15, 0.2) is 18.2 Å². The van der Waals surface area contributed by atoms with Crippen LogP contribution in [0.4, 0.5) is 4.39 Å². The van der Waals surface area contributed by atoms with Gasteiger partial charge in [0.2, 0.25) is 10.0 Å². The Morgan fingerprint density at radius 2 is 2.11 bits per heavy atom. The van der Waals surface area contributed by atoms with E-state index in [1.807, 2.05) is 0 Å². The molecule has 1 aromatic carbocycles. The third-order valence-electron chi connectivity index (χ3n) is 2.22. The zero-order chi connectivity index (χ0) is 13.6. The minimum atomic E-state index is -3.21. The van der Waals surface area contributed by atoms with Crippen LogP contribution >= 0.6 is 11.6 Å². The van der Waals surface area contributed by atoms with Gasteiger partial charge in [0.1, 0.15) is 5.82 Å². The van der Waals surface area contributed by atoms with E-state index in [0.717, 1.165) is 5.56 Å². The molecular weight excluding hydrogens is 279 g/mol. The summed E-state index contributed by atoms with van der Waals surface area (Å²) in [5, 5.41) is 3.01. The van der Waals surface area contributed by atoms with E-state index in [0.29, 0.717) is 19.6 Å². The molecule has 0 atom stereocenters.